The number of carboxylic acid groups (broad SMARTS) is 1. The van der Waals surface area contributed by atoms with Crippen LogP contribution in [0, 0.1) is 0 Å². The maximum atomic E-state index is 12.6. The van der Waals surface area contributed by atoms with E-state index in [-0.39, 0.29) is 24.5 Å². The molecule has 2 rings (SSSR count). The van der Waals surface area contributed by atoms with Crippen LogP contribution in [0.1, 0.15) is 52.9 Å². The van der Waals surface area contributed by atoms with Crippen LogP contribution in [0.25, 0.3) is 0 Å². The molecule has 0 bridgehead atoms. The number of nitrogens with zero attached hydrogens (tertiary/aromatic N) is 2. The Labute approximate surface area is 120 Å². The van der Waals surface area contributed by atoms with Gasteiger partial charge < -0.3 is 10.0 Å². The van der Waals surface area contributed by atoms with Crippen LogP contribution in [-0.4, -0.2) is 57.5 Å². The van der Waals surface area contributed by atoms with Gasteiger partial charge in [-0.2, -0.15) is 0 Å². The lowest BCUT2D eigenvalue weighted by atomic mass is 9.96. The van der Waals surface area contributed by atoms with Crippen LogP contribution in [0.4, 0.5) is 0 Å². The fourth-order valence-corrected chi connectivity index (χ4v) is 3.67. The third-order valence-electron chi connectivity index (χ3n) is 5.06. The Morgan fingerprint density at radius 2 is 1.80 bits per heavy atom. The van der Waals surface area contributed by atoms with Gasteiger partial charge in [0.25, 0.3) is 0 Å². The zero-order valence-electron chi connectivity index (χ0n) is 12.8. The number of hydrogen-bond donors (Lipinski definition) is 1. The van der Waals surface area contributed by atoms with E-state index < -0.39 is 11.5 Å². The van der Waals surface area contributed by atoms with E-state index in [9.17, 15) is 14.7 Å². The third kappa shape index (κ3) is 2.68. The Morgan fingerprint density at radius 3 is 2.35 bits per heavy atom. The first-order chi connectivity index (χ1) is 9.36. The highest BCUT2D eigenvalue weighted by Gasteiger charge is 2.44. The summed E-state index contributed by atoms with van der Waals surface area (Å²) in [6, 6.07) is 0.537. The number of carboxylic acids is 1. The molecule has 0 aromatic rings. The van der Waals surface area contributed by atoms with Crippen molar-refractivity contribution < 1.29 is 14.7 Å². The van der Waals surface area contributed by atoms with Crippen molar-refractivity contribution in [3.8, 4) is 0 Å². The number of carbonyl (C=O) groups is 2. The van der Waals surface area contributed by atoms with Crippen molar-refractivity contribution in [2.45, 2.75) is 70.5 Å². The molecular weight excluding hydrogens is 256 g/mol. The molecule has 5 heteroatoms. The van der Waals surface area contributed by atoms with Gasteiger partial charge in [-0.3, -0.25) is 14.5 Å². The second-order valence-corrected chi connectivity index (χ2v) is 6.53. The Hall–Kier alpha value is -1.10. The van der Waals surface area contributed by atoms with Gasteiger partial charge in [-0.05, 0) is 59.4 Å². The summed E-state index contributed by atoms with van der Waals surface area (Å²) in [6.07, 6.45) is 4.74. The summed E-state index contributed by atoms with van der Waals surface area (Å²) in [7, 11) is 0. The van der Waals surface area contributed by atoms with Crippen molar-refractivity contribution in [1.82, 2.24) is 9.80 Å². The summed E-state index contributed by atoms with van der Waals surface area (Å²) in [5, 5.41) is 9.40. The van der Waals surface area contributed by atoms with Crippen LogP contribution in [0.15, 0.2) is 0 Å². The van der Waals surface area contributed by atoms with Crippen LogP contribution < -0.4 is 0 Å². The molecule has 0 aromatic carbocycles. The van der Waals surface area contributed by atoms with Gasteiger partial charge in [0.05, 0.1) is 6.54 Å². The van der Waals surface area contributed by atoms with Gasteiger partial charge in [-0.25, -0.2) is 0 Å². The maximum absolute atomic E-state index is 12.6. The highest BCUT2D eigenvalue weighted by molar-refractivity contribution is 5.82. The Morgan fingerprint density at radius 1 is 1.20 bits per heavy atom. The maximum Gasteiger partial charge on any atom is 0.323 e. The first kappa shape index (κ1) is 15.3. The fraction of sp³-hybridized carbons (Fsp3) is 0.867. The summed E-state index contributed by atoms with van der Waals surface area (Å²) in [6.45, 7) is 6.85. The molecule has 20 heavy (non-hydrogen) atoms. The van der Waals surface area contributed by atoms with Crippen molar-refractivity contribution in [1.29, 1.82) is 0 Å². The number of carbonyl (C=O) groups excluding carboxylic acids is 1. The van der Waals surface area contributed by atoms with Crippen molar-refractivity contribution >= 4 is 11.9 Å². The van der Waals surface area contributed by atoms with Crippen LogP contribution in [0.3, 0.4) is 0 Å². The average Bonchev–Trinajstić information content (AvgIpc) is 2.72. The topological polar surface area (TPSA) is 60.9 Å². The number of likely N-dealkylation sites (tertiary alicyclic amines) is 2. The summed E-state index contributed by atoms with van der Waals surface area (Å²) >= 11 is 0. The number of piperidine rings is 1. The largest absolute Gasteiger partial charge is 0.480 e. The lowest BCUT2D eigenvalue weighted by molar-refractivity contribution is -0.151. The standard InChI is InChI=1S/C15H26N2O3/c1-11-6-4-7-12(2)17(11)13(18)10-16-9-5-8-15(16,3)14(19)20/h11-12H,4-10H2,1-3H3,(H,19,20). The van der Waals surface area contributed by atoms with E-state index in [1.165, 1.54) is 6.42 Å². The summed E-state index contributed by atoms with van der Waals surface area (Å²) in [5.74, 6) is -0.735. The van der Waals surface area contributed by atoms with Crippen molar-refractivity contribution in [3.63, 3.8) is 0 Å². The van der Waals surface area contributed by atoms with Gasteiger partial charge in [0.1, 0.15) is 5.54 Å². The Balaban J connectivity index is 2.05. The lowest BCUT2D eigenvalue weighted by Crippen LogP contribution is -2.55. The Bertz CT molecular complexity index is 389. The average molecular weight is 282 g/mol. The molecule has 0 saturated carbocycles. The molecule has 0 aliphatic carbocycles. The summed E-state index contributed by atoms with van der Waals surface area (Å²) in [4.78, 5) is 27.8. The van der Waals surface area contributed by atoms with Crippen molar-refractivity contribution in [2.75, 3.05) is 13.1 Å². The smallest absolute Gasteiger partial charge is 0.323 e. The normalized spacial score (nSPS) is 35.2. The SMILES string of the molecule is CC1CCCC(C)N1C(=O)CN1CCCC1(C)C(=O)O. The molecule has 1 amide bonds. The van der Waals surface area contributed by atoms with Gasteiger partial charge in [-0.15, -0.1) is 0 Å². The van der Waals surface area contributed by atoms with Gasteiger partial charge >= 0.3 is 5.97 Å². The molecule has 5 nitrogen and oxygen atoms in total. The van der Waals surface area contributed by atoms with Crippen LogP contribution >= 0.6 is 0 Å². The minimum Gasteiger partial charge on any atom is -0.480 e. The summed E-state index contributed by atoms with van der Waals surface area (Å²) < 4.78 is 0. The monoisotopic (exact) mass is 282 g/mol. The third-order valence-corrected chi connectivity index (χ3v) is 5.06. The van der Waals surface area contributed by atoms with Gasteiger partial charge in [-0.1, -0.05) is 0 Å². The number of amides is 1. The molecule has 2 aliphatic rings. The highest BCUT2D eigenvalue weighted by Crippen LogP contribution is 2.30. The van der Waals surface area contributed by atoms with Crippen molar-refractivity contribution in [3.05, 3.63) is 0 Å². The molecule has 2 fully saturated rings. The molecule has 2 saturated heterocycles. The number of aliphatic carboxylic acids is 1. The first-order valence-electron chi connectivity index (χ1n) is 7.66. The van der Waals surface area contributed by atoms with Gasteiger partial charge in [0.2, 0.25) is 5.91 Å². The lowest BCUT2D eigenvalue weighted by Gasteiger charge is -2.41. The molecule has 2 heterocycles. The molecule has 3 unspecified atom stereocenters. The molecule has 1 N–H and O–H groups in total. The first-order valence-corrected chi connectivity index (χ1v) is 7.66. The molecule has 0 aromatic heterocycles. The predicted molar refractivity (Wildman–Crippen MR) is 76.5 cm³/mol. The molecule has 3 atom stereocenters. The van der Waals surface area contributed by atoms with Crippen LogP contribution in [0.2, 0.25) is 0 Å². The minimum atomic E-state index is -0.877. The van der Waals surface area contributed by atoms with Gasteiger partial charge in [0, 0.05) is 12.1 Å². The molecule has 114 valence electrons. The zero-order chi connectivity index (χ0) is 14.9. The van der Waals surface area contributed by atoms with Crippen LogP contribution in [-0.2, 0) is 9.59 Å². The van der Waals surface area contributed by atoms with E-state index in [4.69, 9.17) is 0 Å². The highest BCUT2D eigenvalue weighted by atomic mass is 16.4. The minimum absolute atomic E-state index is 0.0825. The molecular formula is C15H26N2O3. The number of rotatable bonds is 3. The van der Waals surface area contributed by atoms with E-state index in [2.05, 4.69) is 13.8 Å². The van der Waals surface area contributed by atoms with E-state index in [0.29, 0.717) is 13.0 Å². The predicted octanol–water partition coefficient (Wildman–Crippen LogP) is 1.72. The molecule has 0 spiro atoms. The van der Waals surface area contributed by atoms with Crippen LogP contribution in [0.5, 0.6) is 0 Å². The zero-order valence-corrected chi connectivity index (χ0v) is 12.8. The summed E-state index contributed by atoms with van der Waals surface area (Å²) in [5.41, 5.74) is -0.877. The number of hydrogen-bond acceptors (Lipinski definition) is 3. The quantitative estimate of drug-likeness (QED) is 0.856. The van der Waals surface area contributed by atoms with E-state index in [1.807, 2.05) is 9.80 Å². The van der Waals surface area contributed by atoms with E-state index in [0.717, 1.165) is 19.3 Å². The van der Waals surface area contributed by atoms with E-state index >= 15 is 0 Å². The van der Waals surface area contributed by atoms with Gasteiger partial charge in [0.15, 0.2) is 0 Å². The Kier molecular flexibility index (Phi) is 4.37. The van der Waals surface area contributed by atoms with Crippen molar-refractivity contribution in [2.24, 2.45) is 0 Å². The fourth-order valence-electron chi connectivity index (χ4n) is 3.67. The second kappa shape index (κ2) is 5.72. The molecule has 2 aliphatic heterocycles. The second-order valence-electron chi connectivity index (χ2n) is 6.53. The molecule has 0 radical (unpaired) electrons. The van der Waals surface area contributed by atoms with E-state index in [1.54, 1.807) is 6.92 Å².